The van der Waals surface area contributed by atoms with Crippen molar-refractivity contribution in [2.45, 2.75) is 43.4 Å². The fourth-order valence-electron chi connectivity index (χ4n) is 0.773. The monoisotopic (exact) mass is 328 g/mol. The van der Waals surface area contributed by atoms with Crippen molar-refractivity contribution < 1.29 is 53.0 Å². The van der Waals surface area contributed by atoms with Crippen molar-refractivity contribution in [1.82, 2.24) is 0 Å². The van der Waals surface area contributed by atoms with Crippen molar-refractivity contribution in [3.8, 4) is 0 Å². The highest BCUT2D eigenvalue weighted by molar-refractivity contribution is 4.98. The molecule has 0 saturated carbocycles. The van der Waals surface area contributed by atoms with Crippen LogP contribution in [0.25, 0.3) is 0 Å². The molecule has 0 radical (unpaired) electrons. The second-order valence-electron chi connectivity index (χ2n) is 3.67. The Balaban J connectivity index is 5.14. The highest BCUT2D eigenvalue weighted by Crippen LogP contribution is 2.49. The molecule has 0 aliphatic carbocycles. The van der Waals surface area contributed by atoms with Crippen molar-refractivity contribution in [3.05, 3.63) is 0 Å². The predicted molar refractivity (Wildman–Crippen MR) is 42.3 cm³/mol. The molecular weight excluding hydrogens is 321 g/mol. The Morgan fingerprint density at radius 2 is 1.25 bits per heavy atom. The maximum absolute atomic E-state index is 12.7. The van der Waals surface area contributed by atoms with E-state index in [1.807, 2.05) is 0 Å². The van der Waals surface area contributed by atoms with E-state index in [1.165, 1.54) is 0 Å². The van der Waals surface area contributed by atoms with E-state index in [-0.39, 0.29) is 6.92 Å². The van der Waals surface area contributed by atoms with E-state index < -0.39 is 43.1 Å². The molecule has 0 spiro atoms. The van der Waals surface area contributed by atoms with E-state index in [2.05, 4.69) is 4.74 Å². The second-order valence-corrected chi connectivity index (χ2v) is 3.67. The van der Waals surface area contributed by atoms with Crippen LogP contribution in [0.3, 0.4) is 0 Å². The van der Waals surface area contributed by atoms with E-state index >= 15 is 0 Å². The van der Waals surface area contributed by atoms with Crippen LogP contribution in [0.1, 0.15) is 6.92 Å². The van der Waals surface area contributed by atoms with Crippen LogP contribution in [0, 0.1) is 0 Å². The van der Waals surface area contributed by atoms with Gasteiger partial charge < -0.3 is 4.74 Å². The topological polar surface area (TPSA) is 9.23 Å². The van der Waals surface area contributed by atoms with Crippen molar-refractivity contribution in [2.75, 3.05) is 6.61 Å². The van der Waals surface area contributed by atoms with Crippen LogP contribution in [0.4, 0.5) is 48.3 Å². The van der Waals surface area contributed by atoms with Gasteiger partial charge in [-0.25, -0.2) is 13.2 Å². The second kappa shape index (κ2) is 5.53. The smallest absolute Gasteiger partial charge is 0.312 e. The Hall–Kier alpha value is -0.810. The molecule has 0 bridgehead atoms. The zero-order chi connectivity index (χ0) is 16.6. The van der Waals surface area contributed by atoms with Crippen LogP contribution in [0.2, 0.25) is 0 Å². The summed E-state index contributed by atoms with van der Waals surface area (Å²) in [6, 6.07) is 0. The van der Waals surface area contributed by atoms with Gasteiger partial charge in [-0.3, -0.25) is 0 Å². The summed E-state index contributed by atoms with van der Waals surface area (Å²) < 4.78 is 138. The molecule has 0 aromatic carbocycles. The third kappa shape index (κ3) is 3.44. The minimum Gasteiger partial charge on any atom is -0.312 e. The third-order valence-corrected chi connectivity index (χ3v) is 2.06. The fraction of sp³-hybridized carbons (Fsp3) is 1.00. The standard InChI is InChI=1S/C8H7F11O/c1-3(9)7(16,17)20-2-5(12,13)8(18,19)6(14,15)4(10)11/h3-4H,2H2,1H3. The van der Waals surface area contributed by atoms with E-state index in [4.69, 9.17) is 0 Å². The van der Waals surface area contributed by atoms with Gasteiger partial charge in [0.15, 0.2) is 6.17 Å². The Morgan fingerprint density at radius 1 is 0.850 bits per heavy atom. The molecule has 0 aliphatic rings. The number of hydrogen-bond acceptors (Lipinski definition) is 1. The van der Waals surface area contributed by atoms with E-state index in [0.717, 1.165) is 0 Å². The van der Waals surface area contributed by atoms with Gasteiger partial charge >= 0.3 is 30.3 Å². The van der Waals surface area contributed by atoms with Gasteiger partial charge in [-0.1, -0.05) is 0 Å². The Morgan fingerprint density at radius 3 is 1.55 bits per heavy atom. The molecule has 1 nitrogen and oxygen atoms in total. The van der Waals surface area contributed by atoms with Crippen molar-refractivity contribution in [1.29, 1.82) is 0 Å². The van der Waals surface area contributed by atoms with Crippen molar-refractivity contribution in [2.24, 2.45) is 0 Å². The molecule has 20 heavy (non-hydrogen) atoms. The first-order chi connectivity index (χ1) is 8.59. The van der Waals surface area contributed by atoms with Crippen molar-refractivity contribution in [3.63, 3.8) is 0 Å². The number of ether oxygens (including phenoxy) is 1. The minimum absolute atomic E-state index is 0.115. The minimum atomic E-state index is -6.68. The van der Waals surface area contributed by atoms with E-state index in [1.54, 1.807) is 0 Å². The van der Waals surface area contributed by atoms with Crippen LogP contribution >= 0.6 is 0 Å². The maximum atomic E-state index is 12.7. The summed E-state index contributed by atoms with van der Waals surface area (Å²) in [5.74, 6) is -19.2. The summed E-state index contributed by atoms with van der Waals surface area (Å²) in [5.41, 5.74) is 0. The highest BCUT2D eigenvalue weighted by atomic mass is 19.4. The summed E-state index contributed by atoms with van der Waals surface area (Å²) in [4.78, 5) is 0. The SMILES string of the molecule is CC(F)C(F)(F)OCC(F)(F)C(F)(F)C(F)(F)C(F)F. The number of halogens is 11. The number of rotatable bonds is 7. The maximum Gasteiger partial charge on any atom is 0.386 e. The molecule has 0 fully saturated rings. The third-order valence-electron chi connectivity index (χ3n) is 2.06. The van der Waals surface area contributed by atoms with Crippen molar-refractivity contribution >= 4 is 0 Å². The largest absolute Gasteiger partial charge is 0.386 e. The van der Waals surface area contributed by atoms with Gasteiger partial charge in [-0.2, -0.15) is 35.1 Å². The first-order valence-electron chi connectivity index (χ1n) is 4.67. The molecule has 0 aromatic heterocycles. The number of alkyl halides is 11. The lowest BCUT2D eigenvalue weighted by Crippen LogP contribution is -2.59. The molecule has 1 atom stereocenters. The lowest BCUT2D eigenvalue weighted by atomic mass is 10.1. The Kier molecular flexibility index (Phi) is 5.30. The summed E-state index contributed by atoms with van der Waals surface area (Å²) in [7, 11) is 0. The zero-order valence-electron chi connectivity index (χ0n) is 9.43. The average molecular weight is 328 g/mol. The Labute approximate surface area is 104 Å². The van der Waals surface area contributed by atoms with Crippen LogP contribution < -0.4 is 0 Å². The van der Waals surface area contributed by atoms with Crippen LogP contribution in [0.15, 0.2) is 0 Å². The Bertz CT molecular complexity index is 324. The van der Waals surface area contributed by atoms with Gasteiger partial charge in [0.2, 0.25) is 0 Å². The van der Waals surface area contributed by atoms with Gasteiger partial charge in [-0.15, -0.1) is 0 Å². The first-order valence-corrected chi connectivity index (χ1v) is 4.67. The van der Waals surface area contributed by atoms with Gasteiger partial charge in [0.25, 0.3) is 0 Å². The molecule has 0 saturated heterocycles. The van der Waals surface area contributed by atoms with E-state index in [0.29, 0.717) is 0 Å². The molecule has 0 aromatic rings. The van der Waals surface area contributed by atoms with Crippen LogP contribution in [-0.4, -0.2) is 43.1 Å². The summed E-state index contributed by atoms with van der Waals surface area (Å²) in [6.45, 7) is -2.96. The highest BCUT2D eigenvalue weighted by Gasteiger charge is 2.75. The summed E-state index contributed by atoms with van der Waals surface area (Å²) in [6.07, 6.45) is -13.4. The molecule has 122 valence electrons. The molecule has 0 heterocycles. The lowest BCUT2D eigenvalue weighted by Gasteiger charge is -2.32. The fourth-order valence-corrected chi connectivity index (χ4v) is 0.773. The molecule has 0 amide bonds. The molecule has 0 N–H and O–H groups in total. The number of hydrogen-bond donors (Lipinski definition) is 0. The zero-order valence-corrected chi connectivity index (χ0v) is 9.43. The molecule has 0 rings (SSSR count). The lowest BCUT2D eigenvalue weighted by molar-refractivity contribution is -0.367. The average Bonchev–Trinajstić information content (AvgIpc) is 2.25. The summed E-state index contributed by atoms with van der Waals surface area (Å²) in [5, 5.41) is 0. The van der Waals surface area contributed by atoms with E-state index in [9.17, 15) is 48.3 Å². The van der Waals surface area contributed by atoms with Crippen LogP contribution in [0.5, 0.6) is 0 Å². The van der Waals surface area contributed by atoms with Gasteiger partial charge in [0.1, 0.15) is 6.61 Å². The molecular formula is C8H7F11O. The normalized spacial score (nSPS) is 16.6. The van der Waals surface area contributed by atoms with Crippen LogP contribution in [-0.2, 0) is 4.74 Å². The van der Waals surface area contributed by atoms with Gasteiger partial charge in [0, 0.05) is 0 Å². The molecule has 0 aliphatic heterocycles. The predicted octanol–water partition coefficient (Wildman–Crippen LogP) is 4.12. The summed E-state index contributed by atoms with van der Waals surface area (Å²) >= 11 is 0. The molecule has 12 heteroatoms. The first kappa shape index (κ1) is 19.2. The van der Waals surface area contributed by atoms with Gasteiger partial charge in [-0.05, 0) is 6.92 Å². The quantitative estimate of drug-likeness (QED) is 0.639. The van der Waals surface area contributed by atoms with Gasteiger partial charge in [0.05, 0.1) is 0 Å². The molecule has 1 unspecified atom stereocenters.